The molecule has 5 nitrogen and oxygen atoms in total. The molecule has 134 valence electrons. The topological polar surface area (TPSA) is 50.2 Å². The quantitative estimate of drug-likeness (QED) is 0.825. The molecule has 1 aliphatic rings. The molecule has 25 heavy (non-hydrogen) atoms. The maximum Gasteiger partial charge on any atom is 0.283 e. The van der Waals surface area contributed by atoms with Gasteiger partial charge in [-0.3, -0.25) is 9.69 Å². The molecule has 0 saturated carbocycles. The summed E-state index contributed by atoms with van der Waals surface area (Å²) in [5.41, 5.74) is 2.07. The van der Waals surface area contributed by atoms with Crippen molar-refractivity contribution in [1.82, 2.24) is 14.7 Å². The van der Waals surface area contributed by atoms with Crippen LogP contribution >= 0.6 is 15.9 Å². The molecule has 1 fully saturated rings. The summed E-state index contributed by atoms with van der Waals surface area (Å²) in [5.74, 6) is 0. The Morgan fingerprint density at radius 1 is 1.24 bits per heavy atom. The zero-order valence-corrected chi connectivity index (χ0v) is 16.4. The van der Waals surface area contributed by atoms with Crippen LogP contribution in [-0.2, 0) is 6.54 Å². The van der Waals surface area contributed by atoms with Crippen molar-refractivity contribution in [3.8, 4) is 0 Å². The summed E-state index contributed by atoms with van der Waals surface area (Å²) >= 11 is 3.44. The summed E-state index contributed by atoms with van der Waals surface area (Å²) in [4.78, 5) is 14.8. The normalized spacial score (nSPS) is 16.3. The number of anilines is 1. The van der Waals surface area contributed by atoms with Crippen LogP contribution in [0.1, 0.15) is 38.3 Å². The molecule has 1 aromatic carbocycles. The first-order valence-corrected chi connectivity index (χ1v) is 9.64. The van der Waals surface area contributed by atoms with Crippen molar-refractivity contribution in [2.45, 2.75) is 45.3 Å². The van der Waals surface area contributed by atoms with Crippen molar-refractivity contribution in [1.29, 1.82) is 0 Å². The summed E-state index contributed by atoms with van der Waals surface area (Å²) in [6.45, 7) is 7.03. The smallest absolute Gasteiger partial charge is 0.283 e. The molecule has 1 N–H and O–H groups in total. The lowest BCUT2D eigenvalue weighted by molar-refractivity contribution is 0.211. The maximum atomic E-state index is 12.3. The lowest BCUT2D eigenvalue weighted by Gasteiger charge is -2.33. The average molecular weight is 405 g/mol. The van der Waals surface area contributed by atoms with Crippen LogP contribution in [0.5, 0.6) is 0 Å². The van der Waals surface area contributed by atoms with Crippen molar-refractivity contribution in [3.63, 3.8) is 0 Å². The molecular weight excluding hydrogens is 380 g/mol. The van der Waals surface area contributed by atoms with E-state index in [4.69, 9.17) is 0 Å². The predicted octanol–water partition coefficient (Wildman–Crippen LogP) is 3.66. The van der Waals surface area contributed by atoms with Crippen LogP contribution in [0.2, 0.25) is 0 Å². The van der Waals surface area contributed by atoms with E-state index >= 15 is 0 Å². The fourth-order valence-corrected chi connectivity index (χ4v) is 3.61. The first-order chi connectivity index (χ1) is 12.0. The molecular formula is C19H25BrN4O. The van der Waals surface area contributed by atoms with Crippen LogP contribution in [-0.4, -0.2) is 33.8 Å². The standard InChI is InChI=1S/C19H25BrN4O/c1-14(2)24-19(25)18(20)17(12-21-24)22-16-8-10-23(11-9-16)13-15-6-4-3-5-7-15/h3-7,12,14,16,22H,8-11,13H2,1-2H3. The highest BCUT2D eigenvalue weighted by atomic mass is 79.9. The van der Waals surface area contributed by atoms with Crippen molar-refractivity contribution >= 4 is 21.6 Å². The van der Waals surface area contributed by atoms with E-state index in [9.17, 15) is 4.79 Å². The van der Waals surface area contributed by atoms with E-state index in [1.54, 1.807) is 6.20 Å². The maximum absolute atomic E-state index is 12.3. The van der Waals surface area contributed by atoms with E-state index in [1.807, 2.05) is 13.8 Å². The van der Waals surface area contributed by atoms with Gasteiger partial charge >= 0.3 is 0 Å². The van der Waals surface area contributed by atoms with Crippen molar-refractivity contribution in [3.05, 3.63) is 56.9 Å². The minimum atomic E-state index is -0.0819. The molecule has 0 amide bonds. The van der Waals surface area contributed by atoms with Crippen LogP contribution in [0.15, 0.2) is 45.8 Å². The van der Waals surface area contributed by atoms with Gasteiger partial charge < -0.3 is 5.32 Å². The largest absolute Gasteiger partial charge is 0.380 e. The van der Waals surface area contributed by atoms with Crippen LogP contribution in [0.25, 0.3) is 0 Å². The number of piperidine rings is 1. The highest BCUT2D eigenvalue weighted by Crippen LogP contribution is 2.22. The SMILES string of the molecule is CC(C)n1ncc(NC2CCN(Cc3ccccc3)CC2)c(Br)c1=O. The van der Waals surface area contributed by atoms with E-state index < -0.39 is 0 Å². The average Bonchev–Trinajstić information content (AvgIpc) is 2.61. The van der Waals surface area contributed by atoms with E-state index in [2.05, 4.69) is 61.6 Å². The lowest BCUT2D eigenvalue weighted by Crippen LogP contribution is -2.39. The van der Waals surface area contributed by atoms with Gasteiger partial charge in [0, 0.05) is 25.7 Å². The first kappa shape index (κ1) is 18.1. The molecule has 0 aliphatic carbocycles. The molecule has 0 bridgehead atoms. The van der Waals surface area contributed by atoms with Gasteiger partial charge in [-0.25, -0.2) is 4.68 Å². The second-order valence-electron chi connectivity index (χ2n) is 6.90. The molecule has 2 heterocycles. The van der Waals surface area contributed by atoms with Crippen LogP contribution < -0.4 is 10.9 Å². The summed E-state index contributed by atoms with van der Waals surface area (Å²) in [7, 11) is 0. The Balaban J connectivity index is 1.57. The van der Waals surface area contributed by atoms with Crippen molar-refractivity contribution in [2.75, 3.05) is 18.4 Å². The molecule has 0 atom stereocenters. The molecule has 2 aromatic rings. The van der Waals surface area contributed by atoms with Gasteiger partial charge in [-0.05, 0) is 48.2 Å². The molecule has 0 radical (unpaired) electrons. The Morgan fingerprint density at radius 3 is 2.56 bits per heavy atom. The zero-order valence-electron chi connectivity index (χ0n) is 14.8. The van der Waals surface area contributed by atoms with Gasteiger partial charge in [0.05, 0.1) is 17.9 Å². The van der Waals surface area contributed by atoms with Gasteiger partial charge in [0.15, 0.2) is 0 Å². The number of hydrogen-bond acceptors (Lipinski definition) is 4. The number of nitrogens with one attached hydrogen (secondary N) is 1. The van der Waals surface area contributed by atoms with E-state index in [0.29, 0.717) is 10.5 Å². The number of nitrogens with zero attached hydrogens (tertiary/aromatic N) is 3. The van der Waals surface area contributed by atoms with Gasteiger partial charge in [0.1, 0.15) is 4.47 Å². The molecule has 1 aromatic heterocycles. The van der Waals surface area contributed by atoms with Gasteiger partial charge in [0.2, 0.25) is 0 Å². The lowest BCUT2D eigenvalue weighted by atomic mass is 10.0. The Morgan fingerprint density at radius 2 is 1.92 bits per heavy atom. The molecule has 0 spiro atoms. The number of rotatable bonds is 5. The van der Waals surface area contributed by atoms with Crippen molar-refractivity contribution in [2.24, 2.45) is 0 Å². The monoisotopic (exact) mass is 404 g/mol. The first-order valence-electron chi connectivity index (χ1n) is 8.84. The minimum absolute atomic E-state index is 0.0547. The molecule has 3 rings (SSSR count). The van der Waals surface area contributed by atoms with E-state index in [1.165, 1.54) is 10.2 Å². The predicted molar refractivity (Wildman–Crippen MR) is 105 cm³/mol. The number of likely N-dealkylation sites (tertiary alicyclic amines) is 1. The molecule has 6 heteroatoms. The molecule has 1 aliphatic heterocycles. The minimum Gasteiger partial charge on any atom is -0.380 e. The summed E-state index contributed by atoms with van der Waals surface area (Å²) in [6, 6.07) is 11.0. The van der Waals surface area contributed by atoms with E-state index in [-0.39, 0.29) is 11.6 Å². The van der Waals surface area contributed by atoms with Crippen LogP contribution in [0.4, 0.5) is 5.69 Å². The Bertz CT molecular complexity index is 752. The van der Waals surface area contributed by atoms with E-state index in [0.717, 1.165) is 38.2 Å². The summed E-state index contributed by atoms with van der Waals surface area (Å²) < 4.78 is 2.07. The van der Waals surface area contributed by atoms with Gasteiger partial charge in [0.25, 0.3) is 5.56 Å². The second kappa shape index (κ2) is 8.15. The number of hydrogen-bond donors (Lipinski definition) is 1. The number of halogens is 1. The number of aromatic nitrogens is 2. The fraction of sp³-hybridized carbons (Fsp3) is 0.474. The summed E-state index contributed by atoms with van der Waals surface area (Å²) in [5, 5.41) is 7.77. The van der Waals surface area contributed by atoms with Gasteiger partial charge in [-0.2, -0.15) is 5.10 Å². The van der Waals surface area contributed by atoms with Crippen LogP contribution in [0.3, 0.4) is 0 Å². The van der Waals surface area contributed by atoms with Crippen molar-refractivity contribution < 1.29 is 0 Å². The second-order valence-corrected chi connectivity index (χ2v) is 7.69. The fourth-order valence-electron chi connectivity index (χ4n) is 3.21. The van der Waals surface area contributed by atoms with Crippen LogP contribution in [0, 0.1) is 0 Å². The van der Waals surface area contributed by atoms with Gasteiger partial charge in [-0.1, -0.05) is 30.3 Å². The molecule has 1 saturated heterocycles. The summed E-state index contributed by atoms with van der Waals surface area (Å²) in [6.07, 6.45) is 3.88. The Labute approximate surface area is 157 Å². The highest BCUT2D eigenvalue weighted by molar-refractivity contribution is 9.10. The van der Waals surface area contributed by atoms with Gasteiger partial charge in [-0.15, -0.1) is 0 Å². The third kappa shape index (κ3) is 4.50. The third-order valence-electron chi connectivity index (χ3n) is 4.63. The molecule has 0 unspecified atom stereocenters. The zero-order chi connectivity index (χ0) is 17.8. The third-order valence-corrected chi connectivity index (χ3v) is 5.40. The highest BCUT2D eigenvalue weighted by Gasteiger charge is 2.21. The Kier molecular flexibility index (Phi) is 5.91. The Hall–Kier alpha value is -1.66. The number of benzene rings is 1.